The van der Waals surface area contributed by atoms with Gasteiger partial charge >= 0.3 is 0 Å². The Bertz CT molecular complexity index is 378. The van der Waals surface area contributed by atoms with E-state index < -0.39 is 6.10 Å². The Balaban J connectivity index is 2.33. The molecule has 2 aromatic rings. The molecule has 0 spiro atoms. The van der Waals surface area contributed by atoms with Crippen molar-refractivity contribution in [3.8, 4) is 11.5 Å². The molecule has 0 amide bonds. The minimum Gasteiger partial charge on any atom is -0.384 e. The van der Waals surface area contributed by atoms with Crippen LogP contribution in [0.2, 0.25) is 0 Å². The van der Waals surface area contributed by atoms with Gasteiger partial charge in [0.05, 0.1) is 5.69 Å². The van der Waals surface area contributed by atoms with Gasteiger partial charge in [-0.1, -0.05) is 5.16 Å². The second-order valence-electron chi connectivity index (χ2n) is 2.72. The SMILES string of the molecule is C[C@H](O)c1nc(-c2ccc[nH]2)no1. The molecule has 0 saturated carbocycles. The summed E-state index contributed by atoms with van der Waals surface area (Å²) in [6.45, 7) is 1.58. The number of aromatic nitrogens is 3. The Kier molecular flexibility index (Phi) is 1.86. The molecule has 68 valence electrons. The smallest absolute Gasteiger partial charge is 0.255 e. The van der Waals surface area contributed by atoms with E-state index >= 15 is 0 Å². The first-order valence-corrected chi connectivity index (χ1v) is 3.93. The van der Waals surface area contributed by atoms with Gasteiger partial charge in [-0.2, -0.15) is 4.98 Å². The van der Waals surface area contributed by atoms with Crippen molar-refractivity contribution in [3.63, 3.8) is 0 Å². The molecule has 13 heavy (non-hydrogen) atoms. The summed E-state index contributed by atoms with van der Waals surface area (Å²) in [4.78, 5) is 6.93. The summed E-state index contributed by atoms with van der Waals surface area (Å²) in [5.74, 6) is 0.686. The van der Waals surface area contributed by atoms with E-state index in [2.05, 4.69) is 15.1 Å². The monoisotopic (exact) mass is 179 g/mol. The van der Waals surface area contributed by atoms with Gasteiger partial charge in [0, 0.05) is 6.20 Å². The molecule has 2 aromatic heterocycles. The van der Waals surface area contributed by atoms with Crippen LogP contribution in [0.1, 0.15) is 18.9 Å². The van der Waals surface area contributed by atoms with E-state index in [1.807, 2.05) is 12.1 Å². The van der Waals surface area contributed by atoms with Crippen LogP contribution in [-0.4, -0.2) is 20.2 Å². The molecule has 0 fully saturated rings. The Morgan fingerprint density at radius 3 is 3.00 bits per heavy atom. The minimum absolute atomic E-state index is 0.226. The van der Waals surface area contributed by atoms with Crippen LogP contribution in [0, 0.1) is 0 Å². The van der Waals surface area contributed by atoms with E-state index in [0.717, 1.165) is 5.69 Å². The molecule has 0 saturated heterocycles. The van der Waals surface area contributed by atoms with Gasteiger partial charge < -0.3 is 14.6 Å². The van der Waals surface area contributed by atoms with Gasteiger partial charge in [0.15, 0.2) is 0 Å². The lowest BCUT2D eigenvalue weighted by Crippen LogP contribution is -1.90. The number of aliphatic hydroxyl groups excluding tert-OH is 1. The first kappa shape index (κ1) is 8.00. The van der Waals surface area contributed by atoms with Gasteiger partial charge in [0.1, 0.15) is 6.10 Å². The van der Waals surface area contributed by atoms with Crippen molar-refractivity contribution in [2.24, 2.45) is 0 Å². The molecule has 2 rings (SSSR count). The van der Waals surface area contributed by atoms with Gasteiger partial charge in [0.2, 0.25) is 5.82 Å². The van der Waals surface area contributed by atoms with Crippen molar-refractivity contribution in [1.82, 2.24) is 15.1 Å². The molecule has 2 N–H and O–H groups in total. The third kappa shape index (κ3) is 1.46. The number of nitrogens with zero attached hydrogens (tertiary/aromatic N) is 2. The fourth-order valence-corrected chi connectivity index (χ4v) is 0.984. The number of hydrogen-bond donors (Lipinski definition) is 2. The summed E-state index contributed by atoms with van der Waals surface area (Å²) in [5.41, 5.74) is 0.774. The maximum absolute atomic E-state index is 9.13. The lowest BCUT2D eigenvalue weighted by atomic mass is 10.4. The number of aromatic amines is 1. The normalized spacial score (nSPS) is 13.1. The molecule has 0 aromatic carbocycles. The maximum Gasteiger partial charge on any atom is 0.255 e. The first-order chi connectivity index (χ1) is 6.27. The van der Waals surface area contributed by atoms with Crippen molar-refractivity contribution in [1.29, 1.82) is 0 Å². The van der Waals surface area contributed by atoms with Crippen LogP contribution in [0.25, 0.3) is 11.5 Å². The molecular weight excluding hydrogens is 170 g/mol. The topological polar surface area (TPSA) is 74.9 Å². The summed E-state index contributed by atoms with van der Waals surface area (Å²) >= 11 is 0. The van der Waals surface area contributed by atoms with Crippen LogP contribution in [0.4, 0.5) is 0 Å². The maximum atomic E-state index is 9.13. The highest BCUT2D eigenvalue weighted by Gasteiger charge is 2.12. The summed E-state index contributed by atoms with van der Waals surface area (Å²) in [7, 11) is 0. The summed E-state index contributed by atoms with van der Waals surface area (Å²) < 4.78 is 4.82. The second kappa shape index (κ2) is 3.02. The largest absolute Gasteiger partial charge is 0.384 e. The van der Waals surface area contributed by atoms with E-state index in [1.165, 1.54) is 0 Å². The van der Waals surface area contributed by atoms with Crippen LogP contribution in [-0.2, 0) is 0 Å². The highest BCUT2D eigenvalue weighted by atomic mass is 16.5. The molecule has 0 radical (unpaired) electrons. The lowest BCUT2D eigenvalue weighted by molar-refractivity contribution is 0.152. The molecule has 5 heteroatoms. The Hall–Kier alpha value is -1.62. The molecule has 0 unspecified atom stereocenters. The van der Waals surface area contributed by atoms with E-state index in [-0.39, 0.29) is 5.89 Å². The van der Waals surface area contributed by atoms with Gasteiger partial charge in [-0.3, -0.25) is 0 Å². The Labute approximate surface area is 74.4 Å². The van der Waals surface area contributed by atoms with Crippen LogP contribution in [0.5, 0.6) is 0 Å². The molecule has 0 aliphatic rings. The van der Waals surface area contributed by atoms with Crippen LogP contribution in [0.3, 0.4) is 0 Å². The number of nitrogens with one attached hydrogen (secondary N) is 1. The van der Waals surface area contributed by atoms with Crippen LogP contribution in [0.15, 0.2) is 22.9 Å². The average Bonchev–Trinajstić information content (AvgIpc) is 2.75. The fraction of sp³-hybridized carbons (Fsp3) is 0.250. The molecule has 5 nitrogen and oxygen atoms in total. The van der Waals surface area contributed by atoms with E-state index in [1.54, 1.807) is 13.1 Å². The Morgan fingerprint density at radius 2 is 2.46 bits per heavy atom. The zero-order valence-corrected chi connectivity index (χ0v) is 7.06. The third-order valence-electron chi connectivity index (χ3n) is 1.64. The summed E-state index contributed by atoms with van der Waals surface area (Å²) in [6.07, 6.45) is 1.05. The highest BCUT2D eigenvalue weighted by molar-refractivity contribution is 5.47. The molecular formula is C8H9N3O2. The van der Waals surface area contributed by atoms with Gasteiger partial charge in [-0.25, -0.2) is 0 Å². The van der Waals surface area contributed by atoms with Crippen molar-refractivity contribution < 1.29 is 9.63 Å². The second-order valence-corrected chi connectivity index (χ2v) is 2.72. The average molecular weight is 179 g/mol. The minimum atomic E-state index is -0.726. The molecule has 0 aliphatic carbocycles. The van der Waals surface area contributed by atoms with Crippen LogP contribution >= 0.6 is 0 Å². The number of rotatable bonds is 2. The highest BCUT2D eigenvalue weighted by Crippen LogP contribution is 2.15. The van der Waals surface area contributed by atoms with Gasteiger partial charge in [-0.05, 0) is 19.1 Å². The van der Waals surface area contributed by atoms with Crippen molar-refractivity contribution in [3.05, 3.63) is 24.2 Å². The van der Waals surface area contributed by atoms with Gasteiger partial charge in [-0.15, -0.1) is 0 Å². The van der Waals surface area contributed by atoms with E-state index in [0.29, 0.717) is 5.82 Å². The lowest BCUT2D eigenvalue weighted by Gasteiger charge is -1.91. The zero-order chi connectivity index (χ0) is 9.26. The van der Waals surface area contributed by atoms with E-state index in [9.17, 15) is 0 Å². The standard InChI is InChI=1S/C8H9N3O2/c1-5(12)8-10-7(11-13-8)6-3-2-4-9-6/h2-5,9,12H,1H3/t5-/m0/s1. The zero-order valence-electron chi connectivity index (χ0n) is 7.06. The molecule has 2 heterocycles. The van der Waals surface area contributed by atoms with Crippen LogP contribution < -0.4 is 0 Å². The number of aliphatic hydroxyl groups is 1. The van der Waals surface area contributed by atoms with E-state index in [4.69, 9.17) is 9.63 Å². The van der Waals surface area contributed by atoms with Crippen molar-refractivity contribution in [2.75, 3.05) is 0 Å². The molecule has 0 bridgehead atoms. The number of hydrogen-bond acceptors (Lipinski definition) is 4. The fourth-order valence-electron chi connectivity index (χ4n) is 0.984. The molecule has 1 atom stereocenters. The predicted molar refractivity (Wildman–Crippen MR) is 44.7 cm³/mol. The third-order valence-corrected chi connectivity index (χ3v) is 1.64. The summed E-state index contributed by atoms with van der Waals surface area (Å²) in [5, 5.41) is 12.8. The quantitative estimate of drug-likeness (QED) is 0.724. The first-order valence-electron chi connectivity index (χ1n) is 3.93. The Morgan fingerprint density at radius 1 is 1.62 bits per heavy atom. The van der Waals surface area contributed by atoms with Crippen molar-refractivity contribution in [2.45, 2.75) is 13.0 Å². The van der Waals surface area contributed by atoms with Crippen molar-refractivity contribution >= 4 is 0 Å². The summed E-state index contributed by atoms with van der Waals surface area (Å²) in [6, 6.07) is 3.67. The molecule has 0 aliphatic heterocycles. The van der Waals surface area contributed by atoms with Gasteiger partial charge in [0.25, 0.3) is 5.89 Å². The predicted octanol–water partition coefficient (Wildman–Crippen LogP) is 1.12. The number of H-pyrrole nitrogens is 1.